The minimum Gasteiger partial charge on any atom is -0.343 e. The molecule has 3 rings (SSSR count). The summed E-state index contributed by atoms with van der Waals surface area (Å²) in [5, 5.41) is 0. The molecule has 3 saturated carbocycles. The topological polar surface area (TPSA) is 46.3 Å². The predicted molar refractivity (Wildman–Crippen MR) is 93.0 cm³/mol. The van der Waals surface area contributed by atoms with Crippen LogP contribution in [-0.2, 0) is 4.79 Å². The van der Waals surface area contributed by atoms with Crippen LogP contribution in [0.5, 0.6) is 0 Å². The van der Waals surface area contributed by atoms with Gasteiger partial charge >= 0.3 is 0 Å². The van der Waals surface area contributed by atoms with Gasteiger partial charge in [0, 0.05) is 25.0 Å². The summed E-state index contributed by atoms with van der Waals surface area (Å²) in [6, 6.07) is 0.862. The number of rotatable bonds is 2. The molecule has 3 aliphatic carbocycles. The van der Waals surface area contributed by atoms with E-state index < -0.39 is 0 Å². The van der Waals surface area contributed by atoms with Crippen LogP contribution in [0.1, 0.15) is 70.6 Å². The molecule has 3 nitrogen and oxygen atoms in total. The highest BCUT2D eigenvalue weighted by Crippen LogP contribution is 2.42. The van der Waals surface area contributed by atoms with Crippen LogP contribution in [0.2, 0.25) is 0 Å². The molecule has 2 bridgehead atoms. The molecule has 0 aromatic heterocycles. The highest BCUT2D eigenvalue weighted by Gasteiger charge is 2.41. The van der Waals surface area contributed by atoms with Crippen molar-refractivity contribution in [3.05, 3.63) is 0 Å². The number of halogens is 1. The van der Waals surface area contributed by atoms with Crippen LogP contribution in [-0.4, -0.2) is 29.9 Å². The van der Waals surface area contributed by atoms with Crippen molar-refractivity contribution < 1.29 is 4.79 Å². The fourth-order valence-corrected chi connectivity index (χ4v) is 5.10. The Hall–Kier alpha value is -0.280. The van der Waals surface area contributed by atoms with Crippen LogP contribution in [0.15, 0.2) is 0 Å². The lowest BCUT2D eigenvalue weighted by atomic mass is 9.65. The van der Waals surface area contributed by atoms with Gasteiger partial charge in [0.15, 0.2) is 0 Å². The molecule has 2 unspecified atom stereocenters. The number of carbonyl (C=O) groups is 1. The van der Waals surface area contributed by atoms with E-state index in [4.69, 9.17) is 5.73 Å². The van der Waals surface area contributed by atoms with Crippen LogP contribution in [0.4, 0.5) is 0 Å². The van der Waals surface area contributed by atoms with Crippen molar-refractivity contribution in [2.45, 2.75) is 82.7 Å². The number of nitrogens with zero attached hydrogens (tertiary/aromatic N) is 1. The second-order valence-corrected chi connectivity index (χ2v) is 7.79. The number of hydrogen-bond acceptors (Lipinski definition) is 2. The molecule has 2 N–H and O–H groups in total. The van der Waals surface area contributed by atoms with Crippen molar-refractivity contribution in [2.75, 3.05) is 7.05 Å². The minimum atomic E-state index is 0. The number of carbonyl (C=O) groups excluding carboxylic acids is 1. The molecule has 3 aliphatic rings. The summed E-state index contributed by atoms with van der Waals surface area (Å²) in [4.78, 5) is 15.0. The average molecular weight is 329 g/mol. The van der Waals surface area contributed by atoms with Crippen LogP contribution in [0, 0.1) is 17.8 Å². The second kappa shape index (κ2) is 8.01. The molecule has 4 heteroatoms. The van der Waals surface area contributed by atoms with E-state index in [2.05, 4.69) is 11.9 Å². The van der Waals surface area contributed by atoms with Crippen LogP contribution < -0.4 is 5.73 Å². The van der Waals surface area contributed by atoms with E-state index in [1.807, 2.05) is 0 Å². The van der Waals surface area contributed by atoms with Gasteiger partial charge in [0.05, 0.1) is 0 Å². The summed E-state index contributed by atoms with van der Waals surface area (Å²) in [5.74, 6) is 1.89. The third kappa shape index (κ3) is 3.79. The minimum absolute atomic E-state index is 0. The normalized spacial score (nSPS) is 36.1. The van der Waals surface area contributed by atoms with Gasteiger partial charge in [-0.05, 0) is 50.4 Å². The van der Waals surface area contributed by atoms with Crippen LogP contribution in [0.25, 0.3) is 0 Å². The molecular weight excluding hydrogens is 296 g/mol. The van der Waals surface area contributed by atoms with Gasteiger partial charge < -0.3 is 10.6 Å². The monoisotopic (exact) mass is 328 g/mol. The Morgan fingerprint density at radius 2 is 1.45 bits per heavy atom. The summed E-state index contributed by atoms with van der Waals surface area (Å²) in [6.45, 7) is 0. The molecule has 128 valence electrons. The van der Waals surface area contributed by atoms with Gasteiger partial charge in [-0.15, -0.1) is 12.4 Å². The molecule has 22 heavy (non-hydrogen) atoms. The van der Waals surface area contributed by atoms with Gasteiger partial charge in [-0.2, -0.15) is 0 Å². The second-order valence-electron chi connectivity index (χ2n) is 7.79. The highest BCUT2D eigenvalue weighted by molar-refractivity contribution is 5.85. The Balaban J connectivity index is 0.00000176. The summed E-state index contributed by atoms with van der Waals surface area (Å²) in [5.41, 5.74) is 6.36. The Morgan fingerprint density at radius 3 is 2.00 bits per heavy atom. The Kier molecular flexibility index (Phi) is 6.58. The summed E-state index contributed by atoms with van der Waals surface area (Å²) in [7, 11) is 2.06. The van der Waals surface area contributed by atoms with Gasteiger partial charge in [-0.25, -0.2) is 0 Å². The van der Waals surface area contributed by atoms with E-state index in [9.17, 15) is 4.79 Å². The van der Waals surface area contributed by atoms with Crippen LogP contribution in [0.3, 0.4) is 0 Å². The Labute approximate surface area is 141 Å². The number of nitrogens with two attached hydrogens (primary N) is 1. The van der Waals surface area contributed by atoms with Crippen molar-refractivity contribution >= 4 is 18.3 Å². The lowest BCUT2D eigenvalue weighted by Crippen LogP contribution is -2.50. The largest absolute Gasteiger partial charge is 0.343 e. The van der Waals surface area contributed by atoms with Crippen molar-refractivity contribution in [1.82, 2.24) is 4.90 Å². The van der Waals surface area contributed by atoms with Gasteiger partial charge in [-0.1, -0.05) is 32.1 Å². The fourth-order valence-electron chi connectivity index (χ4n) is 5.10. The first-order valence-corrected chi connectivity index (χ1v) is 9.19. The summed E-state index contributed by atoms with van der Waals surface area (Å²) < 4.78 is 0. The van der Waals surface area contributed by atoms with E-state index in [0.29, 0.717) is 29.8 Å². The van der Waals surface area contributed by atoms with Crippen molar-refractivity contribution in [2.24, 2.45) is 23.5 Å². The summed E-state index contributed by atoms with van der Waals surface area (Å²) >= 11 is 0. The van der Waals surface area contributed by atoms with E-state index in [1.54, 1.807) is 0 Å². The SMILES string of the molecule is CN(C(=O)C1CC2CCCC(C1)C2N)C1CCCCCC1.Cl. The fraction of sp³-hybridized carbons (Fsp3) is 0.944. The Morgan fingerprint density at radius 1 is 0.909 bits per heavy atom. The van der Waals surface area contributed by atoms with Crippen molar-refractivity contribution in [1.29, 1.82) is 0 Å². The van der Waals surface area contributed by atoms with E-state index in [0.717, 1.165) is 12.8 Å². The lowest BCUT2D eigenvalue weighted by molar-refractivity contribution is -0.139. The molecule has 0 aromatic rings. The van der Waals surface area contributed by atoms with Gasteiger partial charge in [0.2, 0.25) is 5.91 Å². The van der Waals surface area contributed by atoms with E-state index in [1.165, 1.54) is 57.8 Å². The molecule has 0 heterocycles. The molecule has 3 fully saturated rings. The molecular formula is C18H33ClN2O. The first-order valence-electron chi connectivity index (χ1n) is 9.19. The lowest BCUT2D eigenvalue weighted by Gasteiger charge is -2.44. The van der Waals surface area contributed by atoms with Gasteiger partial charge in [0.1, 0.15) is 0 Å². The first kappa shape index (κ1) is 18.1. The zero-order valence-electron chi connectivity index (χ0n) is 14.0. The molecule has 0 aromatic carbocycles. The molecule has 0 aliphatic heterocycles. The average Bonchev–Trinajstić information content (AvgIpc) is 2.74. The van der Waals surface area contributed by atoms with Crippen molar-refractivity contribution in [3.63, 3.8) is 0 Å². The molecule has 0 radical (unpaired) electrons. The third-order valence-corrected chi connectivity index (χ3v) is 6.48. The quantitative estimate of drug-likeness (QED) is 0.785. The van der Waals surface area contributed by atoms with E-state index in [-0.39, 0.29) is 18.3 Å². The number of amides is 1. The zero-order valence-corrected chi connectivity index (χ0v) is 14.8. The van der Waals surface area contributed by atoms with Gasteiger partial charge in [0.25, 0.3) is 0 Å². The van der Waals surface area contributed by atoms with Crippen molar-refractivity contribution in [3.8, 4) is 0 Å². The maximum absolute atomic E-state index is 12.9. The molecule has 0 spiro atoms. The van der Waals surface area contributed by atoms with E-state index >= 15 is 0 Å². The standard InChI is InChI=1S/C18H32N2O.ClH/c1-20(16-9-4-2-3-5-10-16)18(21)15-11-13-7-6-8-14(12-15)17(13)19;/h13-17H,2-12,19H2,1H3;1H. The smallest absolute Gasteiger partial charge is 0.225 e. The summed E-state index contributed by atoms with van der Waals surface area (Å²) in [6.07, 6.45) is 13.6. The molecule has 0 saturated heterocycles. The third-order valence-electron chi connectivity index (χ3n) is 6.48. The predicted octanol–water partition coefficient (Wildman–Crippen LogP) is 3.74. The maximum Gasteiger partial charge on any atom is 0.225 e. The molecule has 2 atom stereocenters. The molecule has 1 amide bonds. The number of hydrogen-bond donors (Lipinski definition) is 1. The Bertz CT molecular complexity index is 354. The highest BCUT2D eigenvalue weighted by atomic mass is 35.5. The zero-order chi connectivity index (χ0) is 14.8. The first-order chi connectivity index (χ1) is 10.2. The van der Waals surface area contributed by atoms with Crippen LogP contribution >= 0.6 is 12.4 Å². The number of fused-ring (bicyclic) bond motifs is 2. The van der Waals surface area contributed by atoms with Gasteiger partial charge in [-0.3, -0.25) is 4.79 Å². The maximum atomic E-state index is 12.9.